The Labute approximate surface area is 174 Å². The van der Waals surface area contributed by atoms with E-state index >= 15 is 0 Å². The number of aromatic nitrogens is 3. The third-order valence-electron chi connectivity index (χ3n) is 4.97. The van der Waals surface area contributed by atoms with Gasteiger partial charge in [0.2, 0.25) is 5.91 Å². The number of amides is 2. The van der Waals surface area contributed by atoms with E-state index in [0.29, 0.717) is 23.9 Å². The number of nitrogens with one attached hydrogen (secondary N) is 2. The number of rotatable bonds is 7. The van der Waals surface area contributed by atoms with E-state index < -0.39 is 0 Å². The molecule has 1 aromatic heterocycles. The molecule has 2 aromatic carbocycles. The fraction of sp³-hybridized carbons (Fsp3) is 0.273. The van der Waals surface area contributed by atoms with Crippen LogP contribution in [-0.4, -0.2) is 51.6 Å². The fourth-order valence-electron chi connectivity index (χ4n) is 3.48. The van der Waals surface area contributed by atoms with Crippen molar-refractivity contribution in [3.05, 3.63) is 66.5 Å². The molecular formula is C22H23N5O3. The third-order valence-corrected chi connectivity index (χ3v) is 4.97. The van der Waals surface area contributed by atoms with Crippen LogP contribution in [0.3, 0.4) is 0 Å². The van der Waals surface area contributed by atoms with E-state index in [2.05, 4.69) is 20.5 Å². The third kappa shape index (κ3) is 4.65. The molecule has 8 heteroatoms. The van der Waals surface area contributed by atoms with Gasteiger partial charge in [0.15, 0.2) is 12.4 Å². The van der Waals surface area contributed by atoms with Crippen LogP contribution in [0.5, 0.6) is 5.75 Å². The highest BCUT2D eigenvalue weighted by Gasteiger charge is 2.32. The van der Waals surface area contributed by atoms with Gasteiger partial charge in [0.05, 0.1) is 12.6 Å². The van der Waals surface area contributed by atoms with Crippen LogP contribution >= 0.6 is 0 Å². The van der Waals surface area contributed by atoms with Crippen LogP contribution in [0.25, 0.3) is 11.4 Å². The van der Waals surface area contributed by atoms with Crippen LogP contribution in [-0.2, 0) is 9.59 Å². The summed E-state index contributed by atoms with van der Waals surface area (Å²) in [5, 5.41) is 9.90. The van der Waals surface area contributed by atoms with Crippen molar-refractivity contribution in [1.29, 1.82) is 0 Å². The Bertz CT molecular complexity index is 990. The molecule has 0 saturated carbocycles. The van der Waals surface area contributed by atoms with Gasteiger partial charge in [0.25, 0.3) is 5.91 Å². The molecule has 0 spiro atoms. The molecule has 0 aliphatic carbocycles. The van der Waals surface area contributed by atoms with Crippen LogP contribution in [0.1, 0.15) is 24.7 Å². The first-order valence-corrected chi connectivity index (χ1v) is 9.92. The quantitative estimate of drug-likeness (QED) is 0.628. The number of para-hydroxylation sites is 1. The van der Waals surface area contributed by atoms with E-state index in [0.717, 1.165) is 18.4 Å². The topological polar surface area (TPSA) is 100 Å². The maximum Gasteiger partial charge on any atom is 0.258 e. The van der Waals surface area contributed by atoms with Crippen LogP contribution in [0, 0.1) is 0 Å². The maximum atomic E-state index is 12.7. The summed E-state index contributed by atoms with van der Waals surface area (Å²) in [6.07, 6.45) is 1.68. The molecule has 1 saturated heterocycles. The van der Waals surface area contributed by atoms with Crippen molar-refractivity contribution in [2.75, 3.05) is 19.7 Å². The Balaban J connectivity index is 1.31. The molecule has 2 heterocycles. The van der Waals surface area contributed by atoms with Crippen LogP contribution in [0.15, 0.2) is 60.7 Å². The zero-order valence-electron chi connectivity index (χ0n) is 16.5. The summed E-state index contributed by atoms with van der Waals surface area (Å²) < 4.78 is 5.40. The highest BCUT2D eigenvalue weighted by atomic mass is 16.5. The lowest BCUT2D eigenvalue weighted by Gasteiger charge is -2.23. The van der Waals surface area contributed by atoms with Crippen molar-refractivity contribution in [3.63, 3.8) is 0 Å². The van der Waals surface area contributed by atoms with Gasteiger partial charge in [-0.25, -0.2) is 4.98 Å². The van der Waals surface area contributed by atoms with Crippen molar-refractivity contribution >= 4 is 11.8 Å². The molecule has 8 nitrogen and oxygen atoms in total. The summed E-state index contributed by atoms with van der Waals surface area (Å²) >= 11 is 0. The molecule has 0 unspecified atom stereocenters. The summed E-state index contributed by atoms with van der Waals surface area (Å²) in [4.78, 5) is 31.0. The lowest BCUT2D eigenvalue weighted by molar-refractivity contribution is -0.134. The second-order valence-electron chi connectivity index (χ2n) is 7.03. The van der Waals surface area contributed by atoms with E-state index in [1.165, 1.54) is 0 Å². The largest absolute Gasteiger partial charge is 0.484 e. The Hall–Kier alpha value is -3.68. The standard InChI is InChI=1S/C22H23N5O3/c28-19(15-30-17-10-5-2-6-11-17)23-14-20(29)27-13-7-12-18(27)22-24-21(25-26-22)16-8-3-1-4-9-16/h1-6,8-11,18H,7,12-15H2,(H,23,28)(H,24,25,26)/t18-/m1/s1. The molecule has 4 rings (SSSR count). The van der Waals surface area contributed by atoms with Gasteiger partial charge in [-0.15, -0.1) is 0 Å². The van der Waals surface area contributed by atoms with Gasteiger partial charge >= 0.3 is 0 Å². The Morgan fingerprint density at radius 3 is 2.60 bits per heavy atom. The summed E-state index contributed by atoms with van der Waals surface area (Å²) in [6.45, 7) is 0.414. The number of H-pyrrole nitrogens is 1. The summed E-state index contributed by atoms with van der Waals surface area (Å²) in [7, 11) is 0. The molecule has 0 bridgehead atoms. The Kier molecular flexibility index (Phi) is 6.03. The minimum atomic E-state index is -0.339. The van der Waals surface area contributed by atoms with Gasteiger partial charge in [-0.05, 0) is 25.0 Å². The molecule has 3 aromatic rings. The lowest BCUT2D eigenvalue weighted by Crippen LogP contribution is -2.41. The maximum absolute atomic E-state index is 12.7. The molecule has 154 valence electrons. The fourth-order valence-corrected chi connectivity index (χ4v) is 3.48. The molecule has 1 aliphatic rings. The second-order valence-corrected chi connectivity index (χ2v) is 7.03. The van der Waals surface area contributed by atoms with Crippen molar-refractivity contribution < 1.29 is 14.3 Å². The van der Waals surface area contributed by atoms with Crippen molar-refractivity contribution in [2.24, 2.45) is 0 Å². The van der Waals surface area contributed by atoms with E-state index in [4.69, 9.17) is 4.74 Å². The number of nitrogens with zero attached hydrogens (tertiary/aromatic N) is 3. The van der Waals surface area contributed by atoms with Crippen LogP contribution in [0.4, 0.5) is 0 Å². The Morgan fingerprint density at radius 2 is 1.83 bits per heavy atom. The predicted octanol–water partition coefficient (Wildman–Crippen LogP) is 2.33. The van der Waals surface area contributed by atoms with Crippen molar-refractivity contribution in [2.45, 2.75) is 18.9 Å². The highest BCUT2D eigenvalue weighted by Crippen LogP contribution is 2.30. The minimum absolute atomic E-state index is 0.0762. The van der Waals surface area contributed by atoms with Crippen molar-refractivity contribution in [1.82, 2.24) is 25.4 Å². The minimum Gasteiger partial charge on any atom is -0.484 e. The molecule has 2 N–H and O–H groups in total. The molecule has 1 aliphatic heterocycles. The highest BCUT2D eigenvalue weighted by molar-refractivity contribution is 5.85. The van der Waals surface area contributed by atoms with Gasteiger partial charge in [-0.2, -0.15) is 5.10 Å². The smallest absolute Gasteiger partial charge is 0.258 e. The first kappa shape index (κ1) is 19.6. The zero-order chi connectivity index (χ0) is 20.8. The zero-order valence-corrected chi connectivity index (χ0v) is 16.5. The first-order chi connectivity index (χ1) is 14.7. The summed E-state index contributed by atoms with van der Waals surface area (Å²) in [5.41, 5.74) is 0.918. The normalized spacial score (nSPS) is 15.7. The summed E-state index contributed by atoms with van der Waals surface area (Å²) in [5.74, 6) is 1.39. The SMILES string of the molecule is O=C(COc1ccccc1)NCC(=O)N1CCC[C@@H]1c1nc(-c2ccccc2)n[nH]1. The molecular weight excluding hydrogens is 382 g/mol. The van der Waals surface area contributed by atoms with Gasteiger partial charge in [-0.1, -0.05) is 48.5 Å². The van der Waals surface area contributed by atoms with E-state index in [-0.39, 0.29) is 31.0 Å². The number of aromatic amines is 1. The van der Waals surface area contributed by atoms with E-state index in [1.54, 1.807) is 17.0 Å². The Morgan fingerprint density at radius 1 is 1.10 bits per heavy atom. The average molecular weight is 405 g/mol. The number of carbonyl (C=O) groups excluding carboxylic acids is 2. The molecule has 30 heavy (non-hydrogen) atoms. The number of benzene rings is 2. The van der Waals surface area contributed by atoms with Crippen LogP contribution < -0.4 is 10.1 Å². The van der Waals surface area contributed by atoms with E-state index in [9.17, 15) is 9.59 Å². The van der Waals surface area contributed by atoms with Crippen LogP contribution in [0.2, 0.25) is 0 Å². The lowest BCUT2D eigenvalue weighted by atomic mass is 10.2. The molecule has 0 radical (unpaired) electrons. The number of hydrogen-bond donors (Lipinski definition) is 2. The monoisotopic (exact) mass is 405 g/mol. The number of ether oxygens (including phenoxy) is 1. The predicted molar refractivity (Wildman–Crippen MR) is 110 cm³/mol. The molecule has 1 atom stereocenters. The van der Waals surface area contributed by atoms with Gasteiger partial charge in [0, 0.05) is 12.1 Å². The van der Waals surface area contributed by atoms with Gasteiger partial charge in [0.1, 0.15) is 11.6 Å². The molecule has 2 amide bonds. The number of carbonyl (C=O) groups is 2. The summed E-state index contributed by atoms with van der Waals surface area (Å²) in [6, 6.07) is 18.6. The number of likely N-dealkylation sites (tertiary alicyclic amines) is 1. The average Bonchev–Trinajstić information content (AvgIpc) is 3.47. The second kappa shape index (κ2) is 9.21. The van der Waals surface area contributed by atoms with Crippen molar-refractivity contribution in [3.8, 4) is 17.1 Å². The van der Waals surface area contributed by atoms with E-state index in [1.807, 2.05) is 48.5 Å². The van der Waals surface area contributed by atoms with Gasteiger partial charge in [-0.3, -0.25) is 14.7 Å². The first-order valence-electron chi connectivity index (χ1n) is 9.92. The molecule has 1 fully saturated rings. The number of hydrogen-bond acceptors (Lipinski definition) is 5. The van der Waals surface area contributed by atoms with Gasteiger partial charge < -0.3 is 15.0 Å².